The molecule has 57 heavy (non-hydrogen) atoms. The van der Waals surface area contributed by atoms with E-state index in [1.54, 1.807) is 0 Å². The van der Waals surface area contributed by atoms with Crippen LogP contribution in [0.5, 0.6) is 0 Å². The third-order valence-electron chi connectivity index (χ3n) is 11.2. The predicted molar refractivity (Wildman–Crippen MR) is 245 cm³/mol. The number of aromatic nitrogens is 1. The summed E-state index contributed by atoms with van der Waals surface area (Å²) in [6.07, 6.45) is 0. The topological polar surface area (TPSA) is 8.17 Å². The van der Waals surface area contributed by atoms with Crippen LogP contribution in [0, 0.1) is 0 Å². The maximum absolute atomic E-state index is 2.43. The molecule has 11 aromatic rings. The number of benzene rings is 9. The van der Waals surface area contributed by atoms with Gasteiger partial charge in [-0.15, -0.1) is 11.3 Å². The van der Waals surface area contributed by atoms with Gasteiger partial charge in [-0.05, 0) is 94.5 Å². The Labute approximate surface area is 335 Å². The maximum atomic E-state index is 2.43. The Morgan fingerprint density at radius 1 is 0.351 bits per heavy atom. The van der Waals surface area contributed by atoms with Crippen molar-refractivity contribution in [3.8, 4) is 39.1 Å². The van der Waals surface area contributed by atoms with Crippen LogP contribution in [0.3, 0.4) is 0 Å². The fraction of sp³-hybridized carbons (Fsp3) is 0. The smallest absolute Gasteiger partial charge is 0.0547 e. The lowest BCUT2D eigenvalue weighted by Gasteiger charge is -2.28. The molecule has 0 fully saturated rings. The van der Waals surface area contributed by atoms with Crippen molar-refractivity contribution >= 4 is 70.4 Å². The van der Waals surface area contributed by atoms with Gasteiger partial charge >= 0.3 is 0 Å². The van der Waals surface area contributed by atoms with Gasteiger partial charge in [-0.1, -0.05) is 152 Å². The zero-order valence-electron chi connectivity index (χ0n) is 31.1. The Morgan fingerprint density at radius 3 is 1.75 bits per heavy atom. The van der Waals surface area contributed by atoms with Crippen LogP contribution < -0.4 is 4.90 Å². The molecular weight excluding hydrogens is 709 g/mol. The third-order valence-corrected chi connectivity index (χ3v) is 12.3. The molecule has 268 valence electrons. The molecule has 0 aliphatic carbocycles. The van der Waals surface area contributed by atoms with Crippen LogP contribution in [0.25, 0.3) is 81.0 Å². The Morgan fingerprint density at radius 2 is 0.965 bits per heavy atom. The quantitative estimate of drug-likeness (QED) is 0.158. The first-order valence-corrected chi connectivity index (χ1v) is 20.2. The highest BCUT2D eigenvalue weighted by Crippen LogP contribution is 2.45. The van der Waals surface area contributed by atoms with Crippen molar-refractivity contribution in [3.63, 3.8) is 0 Å². The lowest BCUT2D eigenvalue weighted by Crippen LogP contribution is -2.11. The number of anilines is 3. The molecule has 0 aliphatic heterocycles. The molecule has 0 saturated heterocycles. The van der Waals surface area contributed by atoms with Crippen molar-refractivity contribution < 1.29 is 0 Å². The molecule has 0 radical (unpaired) electrons. The number of rotatable bonds is 7. The number of thiophene rings is 1. The van der Waals surface area contributed by atoms with E-state index in [4.69, 9.17) is 0 Å². The Kier molecular flexibility index (Phi) is 8.04. The minimum atomic E-state index is 1.10. The maximum Gasteiger partial charge on any atom is 0.0547 e. The highest BCUT2D eigenvalue weighted by atomic mass is 32.1. The Bertz CT molecular complexity index is 3220. The number of hydrogen-bond donors (Lipinski definition) is 0. The molecule has 2 heterocycles. The van der Waals surface area contributed by atoms with Crippen LogP contribution in [-0.2, 0) is 0 Å². The fourth-order valence-corrected chi connectivity index (χ4v) is 9.72. The average molecular weight is 745 g/mol. The third kappa shape index (κ3) is 5.71. The number of para-hydroxylation sites is 2. The summed E-state index contributed by atoms with van der Waals surface area (Å²) in [6.45, 7) is 0. The van der Waals surface area contributed by atoms with Gasteiger partial charge in [0, 0.05) is 53.6 Å². The summed E-state index contributed by atoms with van der Waals surface area (Å²) in [4.78, 5) is 2.43. The first-order valence-electron chi connectivity index (χ1n) is 19.4. The van der Waals surface area contributed by atoms with Crippen molar-refractivity contribution in [2.24, 2.45) is 0 Å². The second-order valence-corrected chi connectivity index (χ2v) is 15.6. The second-order valence-electron chi connectivity index (χ2n) is 14.5. The SMILES string of the molecule is c1ccc(-c2ccccc2N(c2ccc(-c3ccc4c(c3)sc3ccccc34)cc2)c2ccc3c(c2)c2c(-c4ccccc4)cccc2n3-c2ccccc2)cc1. The summed E-state index contributed by atoms with van der Waals surface area (Å²) in [5.74, 6) is 0. The first kappa shape index (κ1) is 33.2. The summed E-state index contributed by atoms with van der Waals surface area (Å²) in [6, 6.07) is 79.4. The molecule has 0 N–H and O–H groups in total. The average Bonchev–Trinajstić information content (AvgIpc) is 3.83. The van der Waals surface area contributed by atoms with Gasteiger partial charge in [0.25, 0.3) is 0 Å². The van der Waals surface area contributed by atoms with Crippen LogP contribution in [0.4, 0.5) is 17.1 Å². The van der Waals surface area contributed by atoms with Gasteiger partial charge in [0.2, 0.25) is 0 Å². The normalized spacial score (nSPS) is 11.5. The molecule has 0 bridgehead atoms. The molecule has 3 heteroatoms. The van der Waals surface area contributed by atoms with Gasteiger partial charge in [-0.2, -0.15) is 0 Å². The van der Waals surface area contributed by atoms with Crippen LogP contribution in [0.2, 0.25) is 0 Å². The lowest BCUT2D eigenvalue weighted by molar-refractivity contribution is 1.18. The van der Waals surface area contributed by atoms with E-state index in [0.29, 0.717) is 0 Å². The first-order chi connectivity index (χ1) is 28.3. The van der Waals surface area contributed by atoms with Gasteiger partial charge in [-0.25, -0.2) is 0 Å². The monoisotopic (exact) mass is 744 g/mol. The molecule has 2 nitrogen and oxygen atoms in total. The molecule has 0 saturated carbocycles. The second kappa shape index (κ2) is 13.8. The van der Waals surface area contributed by atoms with Gasteiger partial charge < -0.3 is 9.47 Å². The van der Waals surface area contributed by atoms with Crippen molar-refractivity contribution in [3.05, 3.63) is 218 Å². The molecule has 9 aromatic carbocycles. The van der Waals surface area contributed by atoms with Gasteiger partial charge in [0.15, 0.2) is 0 Å². The molecule has 0 atom stereocenters. The van der Waals surface area contributed by atoms with E-state index in [1.165, 1.54) is 75.4 Å². The summed E-state index contributed by atoms with van der Waals surface area (Å²) in [7, 11) is 0. The van der Waals surface area contributed by atoms with Crippen LogP contribution >= 0.6 is 11.3 Å². The standard InChI is InChI=1S/C54H36N2S/c1-4-15-38(16-5-1)44-21-10-12-24-49(44)55(42-30-27-37(28-31-42)40-29-33-47-46-22-11-13-26-52(46)57-53(47)35-40)43-32-34-50-48(36-43)54-45(39-17-6-2-7-18-39)23-14-25-51(54)56(50)41-19-8-3-9-20-41/h1-36H. The molecule has 0 amide bonds. The Balaban J connectivity index is 1.12. The molecule has 2 aromatic heterocycles. The molecule has 0 aliphatic rings. The van der Waals surface area contributed by atoms with E-state index in [0.717, 1.165) is 22.7 Å². The van der Waals surface area contributed by atoms with E-state index in [9.17, 15) is 0 Å². The fourth-order valence-electron chi connectivity index (χ4n) is 8.58. The largest absolute Gasteiger partial charge is 0.310 e. The van der Waals surface area contributed by atoms with Crippen molar-refractivity contribution in [1.29, 1.82) is 0 Å². The highest BCUT2D eigenvalue weighted by Gasteiger charge is 2.21. The van der Waals surface area contributed by atoms with E-state index < -0.39 is 0 Å². The van der Waals surface area contributed by atoms with Gasteiger partial charge in [-0.3, -0.25) is 0 Å². The van der Waals surface area contributed by atoms with Crippen molar-refractivity contribution in [2.75, 3.05) is 4.90 Å². The minimum Gasteiger partial charge on any atom is -0.310 e. The van der Waals surface area contributed by atoms with Crippen LogP contribution in [0.1, 0.15) is 0 Å². The van der Waals surface area contributed by atoms with E-state index in [2.05, 4.69) is 228 Å². The van der Waals surface area contributed by atoms with Gasteiger partial charge in [0.1, 0.15) is 0 Å². The van der Waals surface area contributed by atoms with Crippen LogP contribution in [0.15, 0.2) is 218 Å². The van der Waals surface area contributed by atoms with Crippen molar-refractivity contribution in [1.82, 2.24) is 4.57 Å². The van der Waals surface area contributed by atoms with Crippen molar-refractivity contribution in [2.45, 2.75) is 0 Å². The predicted octanol–water partition coefficient (Wildman–Crippen LogP) is 15.6. The lowest BCUT2D eigenvalue weighted by atomic mass is 9.98. The summed E-state index contributed by atoms with van der Waals surface area (Å²) >= 11 is 1.86. The van der Waals surface area contributed by atoms with Gasteiger partial charge in [0.05, 0.1) is 16.7 Å². The van der Waals surface area contributed by atoms with E-state index >= 15 is 0 Å². The molecular formula is C54H36N2S. The number of hydrogen-bond acceptors (Lipinski definition) is 2. The summed E-state index contributed by atoms with van der Waals surface area (Å²) < 4.78 is 5.05. The Hall–Kier alpha value is -7.20. The number of nitrogens with zero attached hydrogens (tertiary/aromatic N) is 2. The van der Waals surface area contributed by atoms with E-state index in [-0.39, 0.29) is 0 Å². The highest BCUT2D eigenvalue weighted by molar-refractivity contribution is 7.25. The zero-order chi connectivity index (χ0) is 37.7. The molecule has 0 unspecified atom stereocenters. The minimum absolute atomic E-state index is 1.10. The number of fused-ring (bicyclic) bond motifs is 6. The van der Waals surface area contributed by atoms with Crippen LogP contribution in [-0.4, -0.2) is 4.57 Å². The van der Waals surface area contributed by atoms with E-state index in [1.807, 2.05) is 11.3 Å². The molecule has 0 spiro atoms. The summed E-state index contributed by atoms with van der Waals surface area (Å²) in [5.41, 5.74) is 14.0. The molecule has 11 rings (SSSR count). The summed E-state index contributed by atoms with van der Waals surface area (Å²) in [5, 5.41) is 5.10. The zero-order valence-corrected chi connectivity index (χ0v) is 31.9.